The van der Waals surface area contributed by atoms with E-state index in [4.69, 9.17) is 0 Å². The van der Waals surface area contributed by atoms with Crippen molar-refractivity contribution in [3.63, 3.8) is 0 Å². The lowest BCUT2D eigenvalue weighted by Crippen LogP contribution is -2.39. The lowest BCUT2D eigenvalue weighted by molar-refractivity contribution is 0.581. The Morgan fingerprint density at radius 1 is 1.22 bits per heavy atom. The van der Waals surface area contributed by atoms with Crippen LogP contribution in [0, 0.1) is 6.92 Å². The molecule has 0 unspecified atom stereocenters. The van der Waals surface area contributed by atoms with E-state index in [-0.39, 0.29) is 18.8 Å². The highest BCUT2D eigenvalue weighted by Gasteiger charge is 2.09. The number of nitrogens with one attached hydrogen (secondary N) is 3. The Labute approximate surface area is 165 Å². The minimum absolute atomic E-state index is 0.0539. The monoisotopic (exact) mass is 409 g/mol. The number of rotatable bonds is 10. The number of guanidine groups is 1. The van der Waals surface area contributed by atoms with Crippen LogP contribution in [0.3, 0.4) is 0 Å². The van der Waals surface area contributed by atoms with E-state index in [0.29, 0.717) is 19.0 Å². The molecule has 1 aromatic carbocycles. The van der Waals surface area contributed by atoms with Crippen LogP contribution in [0.15, 0.2) is 40.7 Å². The summed E-state index contributed by atoms with van der Waals surface area (Å²) < 4.78 is 26.8. The van der Waals surface area contributed by atoms with Gasteiger partial charge >= 0.3 is 0 Å². The second-order valence-electron chi connectivity index (χ2n) is 5.92. The highest BCUT2D eigenvalue weighted by atomic mass is 32.2. The Hall–Kier alpha value is -1.97. The predicted molar refractivity (Wildman–Crippen MR) is 112 cm³/mol. The van der Waals surface area contributed by atoms with E-state index < -0.39 is 10.0 Å². The van der Waals surface area contributed by atoms with Gasteiger partial charge in [0, 0.05) is 31.4 Å². The molecule has 148 valence electrons. The van der Waals surface area contributed by atoms with Crippen LogP contribution in [0.2, 0.25) is 0 Å². The van der Waals surface area contributed by atoms with Gasteiger partial charge in [-0.3, -0.25) is 4.99 Å². The van der Waals surface area contributed by atoms with Crippen LogP contribution in [0.25, 0.3) is 0 Å². The molecule has 27 heavy (non-hydrogen) atoms. The van der Waals surface area contributed by atoms with Gasteiger partial charge in [-0.15, -0.1) is 11.3 Å². The summed E-state index contributed by atoms with van der Waals surface area (Å²) in [5.41, 5.74) is 1.98. The molecule has 0 fully saturated rings. The standard InChI is InChI=1S/C18H27N5O2S2/c1-3-19-18(20-10-9-17-14-26-15(2)23-17)21-11-12-27(24,25)22-13-16-7-5-4-6-8-16/h4-8,14,22H,3,9-13H2,1-2H3,(H2,19,20,21). The van der Waals surface area contributed by atoms with E-state index in [1.807, 2.05) is 49.6 Å². The Balaban J connectivity index is 1.77. The Bertz CT molecular complexity index is 819. The Kier molecular flexibility index (Phi) is 8.70. The fourth-order valence-corrected chi connectivity index (χ4v) is 3.82. The molecular weight excluding hydrogens is 382 g/mol. The minimum atomic E-state index is -3.37. The summed E-state index contributed by atoms with van der Waals surface area (Å²) in [6, 6.07) is 9.44. The average Bonchev–Trinajstić information content (AvgIpc) is 3.06. The first kappa shape index (κ1) is 21.3. The topological polar surface area (TPSA) is 95.5 Å². The van der Waals surface area contributed by atoms with Crippen LogP contribution < -0.4 is 15.4 Å². The molecule has 2 aromatic rings. The van der Waals surface area contributed by atoms with Crippen molar-refractivity contribution in [1.29, 1.82) is 0 Å². The van der Waals surface area contributed by atoms with Crippen molar-refractivity contribution in [1.82, 2.24) is 20.3 Å². The van der Waals surface area contributed by atoms with E-state index in [0.717, 1.165) is 22.7 Å². The molecule has 0 spiro atoms. The fourth-order valence-electron chi connectivity index (χ4n) is 2.31. The SMILES string of the molecule is CCNC(=NCCS(=O)(=O)NCc1ccccc1)NCCc1csc(C)n1. The normalized spacial score (nSPS) is 12.1. The summed E-state index contributed by atoms with van der Waals surface area (Å²) in [7, 11) is -3.37. The summed E-state index contributed by atoms with van der Waals surface area (Å²) in [5, 5.41) is 9.44. The van der Waals surface area contributed by atoms with Gasteiger partial charge < -0.3 is 10.6 Å². The molecule has 0 saturated heterocycles. The zero-order chi connectivity index (χ0) is 19.5. The van der Waals surface area contributed by atoms with E-state index >= 15 is 0 Å². The number of sulfonamides is 1. The molecule has 2 rings (SSSR count). The summed E-state index contributed by atoms with van der Waals surface area (Å²) >= 11 is 1.63. The van der Waals surface area contributed by atoms with Crippen molar-refractivity contribution >= 4 is 27.3 Å². The maximum Gasteiger partial charge on any atom is 0.213 e. The zero-order valence-electron chi connectivity index (χ0n) is 15.7. The van der Waals surface area contributed by atoms with Gasteiger partial charge in [0.2, 0.25) is 10.0 Å². The summed E-state index contributed by atoms with van der Waals surface area (Å²) in [5.74, 6) is 0.560. The van der Waals surface area contributed by atoms with Crippen molar-refractivity contribution in [3.05, 3.63) is 52.0 Å². The molecule has 1 aromatic heterocycles. The first-order valence-corrected chi connectivity index (χ1v) is 11.5. The molecule has 0 amide bonds. The van der Waals surface area contributed by atoms with Crippen molar-refractivity contribution in [3.8, 4) is 0 Å². The third-order valence-corrected chi connectivity index (χ3v) is 5.78. The van der Waals surface area contributed by atoms with Crippen LogP contribution in [0.5, 0.6) is 0 Å². The second kappa shape index (κ2) is 11.0. The van der Waals surface area contributed by atoms with Gasteiger partial charge in [-0.25, -0.2) is 18.1 Å². The highest BCUT2D eigenvalue weighted by molar-refractivity contribution is 7.89. The smallest absolute Gasteiger partial charge is 0.213 e. The van der Waals surface area contributed by atoms with Gasteiger partial charge in [0.15, 0.2) is 5.96 Å². The molecule has 0 saturated carbocycles. The number of thiazole rings is 1. The quantitative estimate of drug-likeness (QED) is 0.410. The largest absolute Gasteiger partial charge is 0.357 e. The number of benzene rings is 1. The molecule has 3 N–H and O–H groups in total. The molecule has 0 bridgehead atoms. The number of hydrogen-bond donors (Lipinski definition) is 3. The average molecular weight is 410 g/mol. The van der Waals surface area contributed by atoms with E-state index in [9.17, 15) is 8.42 Å². The maximum atomic E-state index is 12.1. The molecule has 0 radical (unpaired) electrons. The lowest BCUT2D eigenvalue weighted by atomic mass is 10.2. The molecule has 0 aliphatic carbocycles. The summed E-state index contributed by atoms with van der Waals surface area (Å²) in [4.78, 5) is 8.77. The summed E-state index contributed by atoms with van der Waals surface area (Å²) in [6.07, 6.45) is 0.797. The van der Waals surface area contributed by atoms with Crippen molar-refractivity contribution in [2.24, 2.45) is 4.99 Å². The van der Waals surface area contributed by atoms with Crippen LogP contribution in [-0.4, -0.2) is 44.7 Å². The molecule has 9 heteroatoms. The maximum absolute atomic E-state index is 12.1. The van der Waals surface area contributed by atoms with Gasteiger partial charge in [-0.2, -0.15) is 0 Å². The Morgan fingerprint density at radius 3 is 2.67 bits per heavy atom. The van der Waals surface area contributed by atoms with Crippen LogP contribution in [0.4, 0.5) is 0 Å². The number of aliphatic imine (C=N–C) groups is 1. The number of hydrogen-bond acceptors (Lipinski definition) is 5. The molecule has 0 aliphatic heterocycles. The zero-order valence-corrected chi connectivity index (χ0v) is 17.4. The van der Waals surface area contributed by atoms with Crippen LogP contribution in [-0.2, 0) is 23.0 Å². The second-order valence-corrected chi connectivity index (χ2v) is 8.91. The van der Waals surface area contributed by atoms with E-state index in [1.165, 1.54) is 0 Å². The van der Waals surface area contributed by atoms with Gasteiger partial charge in [0.1, 0.15) is 0 Å². The molecule has 0 aliphatic rings. The van der Waals surface area contributed by atoms with Gasteiger partial charge in [-0.05, 0) is 19.4 Å². The number of aryl methyl sites for hydroxylation is 1. The van der Waals surface area contributed by atoms with Crippen LogP contribution >= 0.6 is 11.3 Å². The minimum Gasteiger partial charge on any atom is -0.357 e. The van der Waals surface area contributed by atoms with Gasteiger partial charge in [0.05, 0.1) is 23.0 Å². The van der Waals surface area contributed by atoms with Gasteiger partial charge in [0.25, 0.3) is 0 Å². The fraction of sp³-hybridized carbons (Fsp3) is 0.444. The molecule has 1 heterocycles. The predicted octanol–water partition coefficient (Wildman–Crippen LogP) is 1.67. The number of aromatic nitrogens is 1. The third kappa shape index (κ3) is 8.51. The summed E-state index contributed by atoms with van der Waals surface area (Å²) in [6.45, 7) is 5.83. The molecule has 7 nitrogen and oxygen atoms in total. The van der Waals surface area contributed by atoms with Crippen molar-refractivity contribution in [2.45, 2.75) is 26.8 Å². The van der Waals surface area contributed by atoms with E-state index in [2.05, 4.69) is 25.3 Å². The number of nitrogens with zero attached hydrogens (tertiary/aromatic N) is 2. The molecular formula is C18H27N5O2S2. The van der Waals surface area contributed by atoms with Crippen molar-refractivity contribution < 1.29 is 8.42 Å². The van der Waals surface area contributed by atoms with Crippen molar-refractivity contribution in [2.75, 3.05) is 25.4 Å². The third-order valence-electron chi connectivity index (χ3n) is 3.65. The first-order chi connectivity index (χ1) is 13.0. The highest BCUT2D eigenvalue weighted by Crippen LogP contribution is 2.07. The van der Waals surface area contributed by atoms with Gasteiger partial charge in [-0.1, -0.05) is 30.3 Å². The van der Waals surface area contributed by atoms with Crippen LogP contribution in [0.1, 0.15) is 23.2 Å². The lowest BCUT2D eigenvalue weighted by Gasteiger charge is -2.11. The van der Waals surface area contributed by atoms with E-state index in [1.54, 1.807) is 11.3 Å². The first-order valence-electron chi connectivity index (χ1n) is 8.93. The Morgan fingerprint density at radius 2 is 2.00 bits per heavy atom. The molecule has 0 atom stereocenters.